The Kier molecular flexibility index (Phi) is 8.96. The number of esters is 1. The molecule has 2 aromatic rings. The average Bonchev–Trinajstić information content (AvgIpc) is 2.82. The highest BCUT2D eigenvalue weighted by atomic mass is 16.5. The summed E-state index contributed by atoms with van der Waals surface area (Å²) in [5.74, 6) is -0.877. The molecule has 0 unspecified atom stereocenters. The molecule has 0 heterocycles. The molecule has 168 valence electrons. The molecule has 0 aliphatic carbocycles. The van der Waals surface area contributed by atoms with Gasteiger partial charge in [0.15, 0.2) is 0 Å². The van der Waals surface area contributed by atoms with Gasteiger partial charge in [-0.15, -0.1) is 0 Å². The Labute approximate surface area is 194 Å². The fourth-order valence-corrected chi connectivity index (χ4v) is 2.94. The minimum Gasteiger partial charge on any atom is -0.464 e. The van der Waals surface area contributed by atoms with Gasteiger partial charge in [-0.05, 0) is 49.2 Å². The first-order valence-electron chi connectivity index (χ1n) is 10.4. The molecule has 0 fully saturated rings. The number of hydrogen-bond donors (Lipinski definition) is 1. The van der Waals surface area contributed by atoms with Crippen LogP contribution in [0.3, 0.4) is 0 Å². The molecule has 2 aromatic carbocycles. The van der Waals surface area contributed by atoms with E-state index < -0.39 is 12.0 Å². The summed E-state index contributed by atoms with van der Waals surface area (Å²) >= 11 is 0. The third-order valence-corrected chi connectivity index (χ3v) is 4.79. The highest BCUT2D eigenvalue weighted by molar-refractivity contribution is 5.97. The van der Waals surface area contributed by atoms with Gasteiger partial charge in [-0.2, -0.15) is 10.5 Å². The predicted octanol–water partition coefficient (Wildman–Crippen LogP) is 3.95. The Morgan fingerprint density at radius 1 is 1.03 bits per heavy atom. The van der Waals surface area contributed by atoms with Gasteiger partial charge in [0.2, 0.25) is 0 Å². The third kappa shape index (κ3) is 6.81. The van der Waals surface area contributed by atoms with Gasteiger partial charge < -0.3 is 15.0 Å². The van der Waals surface area contributed by atoms with Crippen molar-refractivity contribution in [2.24, 2.45) is 0 Å². The van der Waals surface area contributed by atoms with Gasteiger partial charge in [0.05, 0.1) is 6.61 Å². The Morgan fingerprint density at radius 3 is 2.12 bits per heavy atom. The van der Waals surface area contributed by atoms with Crippen molar-refractivity contribution in [2.45, 2.75) is 19.9 Å². The van der Waals surface area contributed by atoms with Crippen LogP contribution in [-0.4, -0.2) is 38.6 Å². The van der Waals surface area contributed by atoms with Gasteiger partial charge in [0.25, 0.3) is 5.91 Å². The summed E-state index contributed by atoms with van der Waals surface area (Å²) in [6.07, 6.45) is 3.48. The van der Waals surface area contributed by atoms with Crippen LogP contribution in [0.1, 0.15) is 35.3 Å². The minimum atomic E-state index is -0.751. The van der Waals surface area contributed by atoms with Crippen LogP contribution in [0.5, 0.6) is 0 Å². The minimum absolute atomic E-state index is 0.00723. The fraction of sp³-hybridized carbons (Fsp3) is 0.231. The number of hydrogen-bond acceptors (Lipinski definition) is 6. The zero-order valence-corrected chi connectivity index (χ0v) is 19.1. The van der Waals surface area contributed by atoms with E-state index in [0.717, 1.165) is 16.8 Å². The van der Waals surface area contributed by atoms with Crippen molar-refractivity contribution in [1.29, 1.82) is 10.5 Å². The number of nitrogens with zero attached hydrogens (tertiary/aromatic N) is 3. The second kappa shape index (κ2) is 11.9. The van der Waals surface area contributed by atoms with E-state index in [9.17, 15) is 20.1 Å². The summed E-state index contributed by atoms with van der Waals surface area (Å²) in [6.45, 7) is 3.51. The number of allylic oxidation sites excluding steroid dienone is 3. The van der Waals surface area contributed by atoms with E-state index in [4.69, 9.17) is 4.74 Å². The summed E-state index contributed by atoms with van der Waals surface area (Å²) < 4.78 is 4.89. The standard InChI is InChI=1S/C26H26N4O3/c1-5-33-26(32)18(2)29-25(31)21-9-6-19(7-10-21)8-15-24(22(16-27)17-28)20-11-13-23(14-12-20)30(3)4/h6-15,18H,5H2,1-4H3,(H,29,31)/b15-8+/t18-/m0/s1. The molecule has 0 radical (unpaired) electrons. The van der Waals surface area contributed by atoms with Gasteiger partial charge in [-0.25, -0.2) is 4.79 Å². The first kappa shape index (κ1) is 24.9. The normalized spacial score (nSPS) is 11.1. The molecule has 1 N–H and O–H groups in total. The number of rotatable bonds is 8. The van der Waals surface area contributed by atoms with Gasteiger partial charge in [0.1, 0.15) is 23.8 Å². The van der Waals surface area contributed by atoms with Crippen LogP contribution in [0.25, 0.3) is 11.6 Å². The molecule has 7 nitrogen and oxygen atoms in total. The van der Waals surface area contributed by atoms with Crippen molar-refractivity contribution in [3.63, 3.8) is 0 Å². The number of amides is 1. The summed E-state index contributed by atoms with van der Waals surface area (Å²) in [5, 5.41) is 21.4. The highest BCUT2D eigenvalue weighted by Crippen LogP contribution is 2.24. The molecule has 0 bridgehead atoms. The Bertz CT molecular complexity index is 1120. The van der Waals surface area contributed by atoms with Crippen molar-refractivity contribution in [1.82, 2.24) is 5.32 Å². The quantitative estimate of drug-likeness (QED) is 0.377. The molecule has 0 aliphatic heterocycles. The number of carbonyl (C=O) groups is 2. The smallest absolute Gasteiger partial charge is 0.328 e. The van der Waals surface area contributed by atoms with Gasteiger partial charge in [0, 0.05) is 30.9 Å². The van der Waals surface area contributed by atoms with E-state index in [-0.39, 0.29) is 18.1 Å². The summed E-state index contributed by atoms with van der Waals surface area (Å²) in [6, 6.07) is 17.5. The van der Waals surface area contributed by atoms with Crippen molar-refractivity contribution in [3.05, 3.63) is 76.9 Å². The zero-order valence-electron chi connectivity index (χ0n) is 19.1. The number of anilines is 1. The fourth-order valence-electron chi connectivity index (χ4n) is 2.94. The molecule has 1 amide bonds. The molecule has 33 heavy (non-hydrogen) atoms. The second-order valence-corrected chi connectivity index (χ2v) is 7.36. The van der Waals surface area contributed by atoms with E-state index >= 15 is 0 Å². The monoisotopic (exact) mass is 442 g/mol. The molecular weight excluding hydrogens is 416 g/mol. The molecule has 0 aromatic heterocycles. The van der Waals surface area contributed by atoms with Crippen molar-refractivity contribution >= 4 is 29.2 Å². The number of ether oxygens (including phenoxy) is 1. The Morgan fingerprint density at radius 2 is 1.61 bits per heavy atom. The van der Waals surface area contributed by atoms with Gasteiger partial charge >= 0.3 is 5.97 Å². The number of benzene rings is 2. The molecule has 1 atom stereocenters. The summed E-state index contributed by atoms with van der Waals surface area (Å²) in [4.78, 5) is 26.0. The van der Waals surface area contributed by atoms with Crippen LogP contribution in [0.15, 0.2) is 60.2 Å². The maximum atomic E-state index is 12.3. The van der Waals surface area contributed by atoms with Crippen LogP contribution in [-0.2, 0) is 9.53 Å². The molecule has 0 aliphatic rings. The average molecular weight is 443 g/mol. The number of nitrogens with one attached hydrogen (secondary N) is 1. The lowest BCUT2D eigenvalue weighted by Gasteiger charge is -2.13. The third-order valence-electron chi connectivity index (χ3n) is 4.79. The van der Waals surface area contributed by atoms with Crippen LogP contribution >= 0.6 is 0 Å². The highest BCUT2D eigenvalue weighted by Gasteiger charge is 2.17. The molecule has 0 spiro atoms. The van der Waals surface area contributed by atoms with Crippen LogP contribution in [0, 0.1) is 22.7 Å². The van der Waals surface area contributed by atoms with E-state index in [0.29, 0.717) is 11.1 Å². The lowest BCUT2D eigenvalue weighted by molar-refractivity contribution is -0.144. The van der Waals surface area contributed by atoms with Crippen LogP contribution in [0.4, 0.5) is 5.69 Å². The summed E-state index contributed by atoms with van der Waals surface area (Å²) in [5.41, 5.74) is 3.45. The predicted molar refractivity (Wildman–Crippen MR) is 128 cm³/mol. The zero-order chi connectivity index (χ0) is 24.4. The first-order chi connectivity index (χ1) is 15.8. The molecule has 0 saturated heterocycles. The molecule has 0 saturated carbocycles. The topological polar surface area (TPSA) is 106 Å². The lowest BCUT2D eigenvalue weighted by atomic mass is 9.99. The largest absolute Gasteiger partial charge is 0.464 e. The van der Waals surface area contributed by atoms with E-state index in [1.54, 1.807) is 50.3 Å². The lowest BCUT2D eigenvalue weighted by Crippen LogP contribution is -2.39. The van der Waals surface area contributed by atoms with Gasteiger partial charge in [-0.3, -0.25) is 4.79 Å². The number of nitriles is 2. The maximum absolute atomic E-state index is 12.3. The molecule has 2 rings (SSSR count). The van der Waals surface area contributed by atoms with E-state index in [1.165, 1.54) is 0 Å². The maximum Gasteiger partial charge on any atom is 0.328 e. The summed E-state index contributed by atoms with van der Waals surface area (Å²) in [7, 11) is 3.87. The van der Waals surface area contributed by atoms with Crippen molar-refractivity contribution in [3.8, 4) is 12.1 Å². The molecule has 7 heteroatoms. The van der Waals surface area contributed by atoms with E-state index in [2.05, 4.69) is 5.32 Å². The van der Waals surface area contributed by atoms with Crippen LogP contribution < -0.4 is 10.2 Å². The van der Waals surface area contributed by atoms with Crippen molar-refractivity contribution in [2.75, 3.05) is 25.6 Å². The SMILES string of the molecule is CCOC(=O)[C@H](C)NC(=O)c1ccc(/C=C/C(=C(C#N)C#N)c2ccc(N(C)C)cc2)cc1. The Hall–Kier alpha value is -4.36. The Balaban J connectivity index is 2.22. The van der Waals surface area contributed by atoms with Crippen LogP contribution in [0.2, 0.25) is 0 Å². The van der Waals surface area contributed by atoms with E-state index in [1.807, 2.05) is 55.4 Å². The second-order valence-electron chi connectivity index (χ2n) is 7.36. The first-order valence-corrected chi connectivity index (χ1v) is 10.4. The number of carbonyl (C=O) groups excluding carboxylic acids is 2. The van der Waals surface area contributed by atoms with Gasteiger partial charge in [-0.1, -0.05) is 36.4 Å². The molecular formula is C26H26N4O3. The van der Waals surface area contributed by atoms with Crippen molar-refractivity contribution < 1.29 is 14.3 Å².